The molecular formula is C13H16O3. The Labute approximate surface area is 94.7 Å². The molecule has 2 bridgehead atoms. The molecular weight excluding hydrogens is 204 g/mol. The molecule has 3 heterocycles. The van der Waals surface area contributed by atoms with Gasteiger partial charge in [-0.25, -0.2) is 0 Å². The summed E-state index contributed by atoms with van der Waals surface area (Å²) in [6, 6.07) is 0. The summed E-state index contributed by atoms with van der Waals surface area (Å²) in [4.78, 5) is 0. The van der Waals surface area contributed by atoms with Crippen LogP contribution in [0.4, 0.5) is 0 Å². The van der Waals surface area contributed by atoms with Crippen LogP contribution in [-0.2, 0) is 14.2 Å². The molecule has 16 heavy (non-hydrogen) atoms. The van der Waals surface area contributed by atoms with E-state index in [1.54, 1.807) is 0 Å². The van der Waals surface area contributed by atoms with E-state index in [0.29, 0.717) is 5.92 Å². The summed E-state index contributed by atoms with van der Waals surface area (Å²) in [5, 5.41) is 0. The van der Waals surface area contributed by atoms with Crippen molar-refractivity contribution in [3.63, 3.8) is 0 Å². The number of ether oxygens (including phenoxy) is 3. The van der Waals surface area contributed by atoms with Crippen molar-refractivity contribution in [3.05, 3.63) is 12.3 Å². The number of rotatable bonds is 1. The van der Waals surface area contributed by atoms with Crippen molar-refractivity contribution < 1.29 is 14.2 Å². The van der Waals surface area contributed by atoms with Crippen LogP contribution in [0.25, 0.3) is 0 Å². The standard InChI is InChI=1S/C13H16O3/c1-4-11-8-10-15-12(11,5-1)6-7-14-13(11,16-10)9-2-3-9/h6-7,9-10H,1-5,8H2/t10-,11+,12+,13+/m0/s1. The minimum Gasteiger partial charge on any atom is -0.469 e. The summed E-state index contributed by atoms with van der Waals surface area (Å²) in [6.45, 7) is 0. The van der Waals surface area contributed by atoms with Gasteiger partial charge < -0.3 is 14.2 Å². The summed E-state index contributed by atoms with van der Waals surface area (Å²) in [5.41, 5.74) is 0.0946. The quantitative estimate of drug-likeness (QED) is 0.678. The third kappa shape index (κ3) is 0.633. The maximum atomic E-state index is 6.15. The second-order valence-electron chi connectivity index (χ2n) is 6.06. The molecule has 1 spiro atoms. The third-order valence-corrected chi connectivity index (χ3v) is 5.49. The summed E-state index contributed by atoms with van der Waals surface area (Å²) < 4.78 is 18.3. The number of fused-ring (bicyclic) bond motifs is 1. The zero-order chi connectivity index (χ0) is 10.4. The predicted molar refractivity (Wildman–Crippen MR) is 55.3 cm³/mol. The highest BCUT2D eigenvalue weighted by Crippen LogP contribution is 2.74. The van der Waals surface area contributed by atoms with Gasteiger partial charge in [-0.15, -0.1) is 0 Å². The number of hydrogen-bond acceptors (Lipinski definition) is 3. The Morgan fingerprint density at radius 2 is 2.06 bits per heavy atom. The minimum absolute atomic E-state index is 0.00847. The molecule has 0 radical (unpaired) electrons. The van der Waals surface area contributed by atoms with E-state index in [2.05, 4.69) is 6.08 Å². The van der Waals surface area contributed by atoms with Gasteiger partial charge in [0.15, 0.2) is 6.29 Å². The van der Waals surface area contributed by atoms with E-state index in [1.165, 1.54) is 25.7 Å². The Morgan fingerprint density at radius 1 is 1.12 bits per heavy atom. The second kappa shape index (κ2) is 2.21. The summed E-state index contributed by atoms with van der Waals surface area (Å²) in [5.74, 6) is 0.296. The van der Waals surface area contributed by atoms with Crippen LogP contribution in [0, 0.1) is 11.3 Å². The van der Waals surface area contributed by atoms with E-state index >= 15 is 0 Å². The lowest BCUT2D eigenvalue weighted by atomic mass is 9.66. The fraction of sp³-hybridized carbons (Fsp3) is 0.846. The van der Waals surface area contributed by atoms with Crippen LogP contribution in [0.15, 0.2) is 12.3 Å². The zero-order valence-corrected chi connectivity index (χ0v) is 9.28. The van der Waals surface area contributed by atoms with Gasteiger partial charge in [0.1, 0.15) is 5.60 Å². The molecule has 2 saturated heterocycles. The Balaban J connectivity index is 1.78. The molecule has 86 valence electrons. The van der Waals surface area contributed by atoms with E-state index < -0.39 is 0 Å². The second-order valence-corrected chi connectivity index (χ2v) is 6.06. The van der Waals surface area contributed by atoms with Gasteiger partial charge in [-0.3, -0.25) is 0 Å². The molecule has 0 N–H and O–H groups in total. The molecule has 0 unspecified atom stereocenters. The van der Waals surface area contributed by atoms with E-state index in [9.17, 15) is 0 Å². The first-order chi connectivity index (χ1) is 7.80. The van der Waals surface area contributed by atoms with Gasteiger partial charge in [-0.1, -0.05) is 0 Å². The maximum absolute atomic E-state index is 6.15. The Morgan fingerprint density at radius 3 is 2.94 bits per heavy atom. The molecule has 4 fully saturated rings. The Hall–Kier alpha value is -0.540. The lowest BCUT2D eigenvalue weighted by Gasteiger charge is -2.53. The van der Waals surface area contributed by atoms with Gasteiger partial charge in [0.2, 0.25) is 5.79 Å². The van der Waals surface area contributed by atoms with Gasteiger partial charge in [0.25, 0.3) is 0 Å². The summed E-state index contributed by atoms with van der Waals surface area (Å²) in [6.07, 6.45) is 11.2. The summed E-state index contributed by atoms with van der Waals surface area (Å²) >= 11 is 0. The monoisotopic (exact) mass is 220 g/mol. The molecule has 3 nitrogen and oxygen atoms in total. The van der Waals surface area contributed by atoms with Gasteiger partial charge >= 0.3 is 0 Å². The fourth-order valence-electron chi connectivity index (χ4n) is 4.81. The molecule has 0 amide bonds. The third-order valence-electron chi connectivity index (χ3n) is 5.49. The summed E-state index contributed by atoms with van der Waals surface area (Å²) in [7, 11) is 0. The average molecular weight is 220 g/mol. The van der Waals surface area contributed by atoms with Gasteiger partial charge in [0.05, 0.1) is 11.7 Å². The van der Waals surface area contributed by atoms with Crippen molar-refractivity contribution >= 4 is 0 Å². The van der Waals surface area contributed by atoms with Crippen LogP contribution in [-0.4, -0.2) is 17.7 Å². The van der Waals surface area contributed by atoms with Crippen LogP contribution in [0.3, 0.4) is 0 Å². The van der Waals surface area contributed by atoms with Crippen molar-refractivity contribution in [2.45, 2.75) is 56.2 Å². The van der Waals surface area contributed by atoms with Crippen molar-refractivity contribution in [1.29, 1.82) is 0 Å². The lowest BCUT2D eigenvalue weighted by molar-refractivity contribution is -0.371. The highest BCUT2D eigenvalue weighted by Gasteiger charge is 2.81. The number of hydrogen-bond donors (Lipinski definition) is 0. The van der Waals surface area contributed by atoms with Crippen LogP contribution >= 0.6 is 0 Å². The maximum Gasteiger partial charge on any atom is 0.223 e. The van der Waals surface area contributed by atoms with Gasteiger partial charge in [-0.2, -0.15) is 0 Å². The molecule has 5 rings (SSSR count). The molecule has 3 aliphatic heterocycles. The molecule has 0 aromatic rings. The smallest absolute Gasteiger partial charge is 0.223 e. The average Bonchev–Trinajstić information content (AvgIpc) is 2.84. The van der Waals surface area contributed by atoms with E-state index in [4.69, 9.17) is 14.2 Å². The van der Waals surface area contributed by atoms with Crippen molar-refractivity contribution in [1.82, 2.24) is 0 Å². The first-order valence-corrected chi connectivity index (χ1v) is 6.52. The molecule has 3 heteroatoms. The van der Waals surface area contributed by atoms with E-state index in [-0.39, 0.29) is 23.1 Å². The predicted octanol–water partition coefficient (Wildman–Crippen LogP) is 2.32. The highest BCUT2D eigenvalue weighted by atomic mass is 16.8. The molecule has 0 aromatic carbocycles. The van der Waals surface area contributed by atoms with Gasteiger partial charge in [-0.05, 0) is 38.2 Å². The Bertz CT molecular complexity index is 400. The van der Waals surface area contributed by atoms with Crippen molar-refractivity contribution in [2.75, 3.05) is 0 Å². The van der Waals surface area contributed by atoms with Crippen LogP contribution in [0.2, 0.25) is 0 Å². The minimum atomic E-state index is -0.318. The molecule has 0 aromatic heterocycles. The first-order valence-electron chi connectivity index (χ1n) is 6.52. The van der Waals surface area contributed by atoms with Crippen LogP contribution in [0.1, 0.15) is 38.5 Å². The topological polar surface area (TPSA) is 27.7 Å². The largest absolute Gasteiger partial charge is 0.469 e. The van der Waals surface area contributed by atoms with Crippen molar-refractivity contribution in [3.8, 4) is 0 Å². The Kier molecular flexibility index (Phi) is 1.18. The molecule has 4 atom stereocenters. The van der Waals surface area contributed by atoms with Crippen molar-refractivity contribution in [2.24, 2.45) is 11.3 Å². The van der Waals surface area contributed by atoms with Gasteiger partial charge in [0, 0.05) is 12.3 Å². The molecule has 2 saturated carbocycles. The fourth-order valence-corrected chi connectivity index (χ4v) is 4.81. The zero-order valence-electron chi connectivity index (χ0n) is 9.28. The van der Waals surface area contributed by atoms with E-state index in [1.807, 2.05) is 6.26 Å². The SMILES string of the molecule is C1=C[C@]23CCC[C@@]24C[C@H](O[C@@]4(C2CC2)O1)O3. The molecule has 5 aliphatic rings. The normalized spacial score (nSPS) is 61.1. The van der Waals surface area contributed by atoms with E-state index in [0.717, 1.165) is 12.8 Å². The highest BCUT2D eigenvalue weighted by molar-refractivity contribution is 5.30. The van der Waals surface area contributed by atoms with Crippen LogP contribution < -0.4 is 0 Å². The first kappa shape index (κ1) is 8.54. The lowest BCUT2D eigenvalue weighted by Crippen LogP contribution is -2.62. The molecule has 2 aliphatic carbocycles. The van der Waals surface area contributed by atoms with Crippen LogP contribution in [0.5, 0.6) is 0 Å².